The summed E-state index contributed by atoms with van der Waals surface area (Å²) in [4.78, 5) is 0. The van der Waals surface area contributed by atoms with Crippen molar-refractivity contribution in [3.63, 3.8) is 0 Å². The van der Waals surface area contributed by atoms with Gasteiger partial charge in [-0.2, -0.15) is 0 Å². The Hall–Kier alpha value is -1.85. The molecule has 2 nitrogen and oxygen atoms in total. The van der Waals surface area contributed by atoms with Crippen molar-refractivity contribution in [1.29, 1.82) is 0 Å². The zero-order chi connectivity index (χ0) is 14.9. The second-order valence-corrected chi connectivity index (χ2v) is 4.72. The van der Waals surface area contributed by atoms with Crippen molar-refractivity contribution in [2.45, 2.75) is 19.9 Å². The van der Waals surface area contributed by atoms with E-state index in [1.54, 1.807) is 13.8 Å². The first-order valence-corrected chi connectivity index (χ1v) is 6.11. The number of nitrogens with one attached hydrogen (secondary N) is 1. The van der Waals surface area contributed by atoms with E-state index in [4.69, 9.17) is 5.84 Å². The summed E-state index contributed by atoms with van der Waals surface area (Å²) in [6.07, 6.45) is 0. The first-order valence-electron chi connectivity index (χ1n) is 6.11. The number of halogens is 3. The molecule has 5 heteroatoms. The lowest BCUT2D eigenvalue weighted by molar-refractivity contribution is 0.536. The summed E-state index contributed by atoms with van der Waals surface area (Å²) in [7, 11) is 0. The van der Waals surface area contributed by atoms with E-state index in [-0.39, 0.29) is 11.4 Å². The first kappa shape index (κ1) is 14.6. The summed E-state index contributed by atoms with van der Waals surface area (Å²) in [6, 6.07) is 5.71. The van der Waals surface area contributed by atoms with Crippen molar-refractivity contribution in [3.8, 4) is 0 Å². The van der Waals surface area contributed by atoms with Gasteiger partial charge in [0.25, 0.3) is 0 Å². The lowest BCUT2D eigenvalue weighted by Gasteiger charge is -2.20. The van der Waals surface area contributed by atoms with Crippen LogP contribution in [0.4, 0.5) is 13.2 Å². The van der Waals surface area contributed by atoms with Gasteiger partial charge in [0.2, 0.25) is 0 Å². The maximum Gasteiger partial charge on any atom is 0.131 e. The van der Waals surface area contributed by atoms with E-state index in [0.717, 1.165) is 6.07 Å². The third-order valence-electron chi connectivity index (χ3n) is 3.30. The molecule has 0 spiro atoms. The zero-order valence-electron chi connectivity index (χ0n) is 11.2. The maximum absolute atomic E-state index is 14.0. The van der Waals surface area contributed by atoms with Crippen molar-refractivity contribution in [3.05, 3.63) is 70.0 Å². The molecule has 0 amide bonds. The molecule has 0 aromatic heterocycles. The fourth-order valence-corrected chi connectivity index (χ4v) is 2.21. The number of hydrogen-bond acceptors (Lipinski definition) is 2. The van der Waals surface area contributed by atoms with E-state index in [9.17, 15) is 13.2 Å². The number of nitrogens with two attached hydrogens (primary N) is 1. The fourth-order valence-electron chi connectivity index (χ4n) is 2.21. The van der Waals surface area contributed by atoms with E-state index < -0.39 is 17.7 Å². The van der Waals surface area contributed by atoms with Crippen molar-refractivity contribution < 1.29 is 13.2 Å². The molecule has 3 N–H and O–H groups in total. The Balaban J connectivity index is 2.55. The highest BCUT2D eigenvalue weighted by Crippen LogP contribution is 2.28. The second-order valence-electron chi connectivity index (χ2n) is 4.72. The van der Waals surface area contributed by atoms with Crippen molar-refractivity contribution in [2.75, 3.05) is 0 Å². The minimum absolute atomic E-state index is 0.223. The Bertz CT molecular complexity index is 641. The SMILES string of the molecule is Cc1cc(C(NN)c2ccc(F)cc2C)c(F)cc1F. The minimum Gasteiger partial charge on any atom is -0.271 e. The van der Waals surface area contributed by atoms with Gasteiger partial charge in [0, 0.05) is 11.6 Å². The van der Waals surface area contributed by atoms with Crippen LogP contribution in [0.5, 0.6) is 0 Å². The molecule has 0 aliphatic rings. The van der Waals surface area contributed by atoms with Crippen LogP contribution < -0.4 is 11.3 Å². The van der Waals surface area contributed by atoms with Gasteiger partial charge in [-0.1, -0.05) is 6.07 Å². The summed E-state index contributed by atoms with van der Waals surface area (Å²) in [5.74, 6) is 3.81. The van der Waals surface area contributed by atoms with Crippen LogP contribution >= 0.6 is 0 Å². The normalized spacial score (nSPS) is 12.5. The number of benzene rings is 2. The zero-order valence-corrected chi connectivity index (χ0v) is 11.2. The van der Waals surface area contributed by atoms with Gasteiger partial charge in [-0.05, 0) is 48.7 Å². The van der Waals surface area contributed by atoms with Gasteiger partial charge in [-0.25, -0.2) is 18.6 Å². The van der Waals surface area contributed by atoms with E-state index in [2.05, 4.69) is 5.43 Å². The first-order chi connectivity index (χ1) is 9.43. The lowest BCUT2D eigenvalue weighted by Crippen LogP contribution is -2.30. The third-order valence-corrected chi connectivity index (χ3v) is 3.30. The van der Waals surface area contributed by atoms with Crippen molar-refractivity contribution in [2.24, 2.45) is 5.84 Å². The van der Waals surface area contributed by atoms with Crippen molar-refractivity contribution in [1.82, 2.24) is 5.43 Å². The topological polar surface area (TPSA) is 38.0 Å². The molecule has 20 heavy (non-hydrogen) atoms. The average molecular weight is 280 g/mol. The molecule has 0 saturated carbocycles. The molecule has 1 atom stereocenters. The molecule has 2 aromatic carbocycles. The molecule has 106 valence electrons. The highest BCUT2D eigenvalue weighted by Gasteiger charge is 2.20. The quantitative estimate of drug-likeness (QED) is 0.669. The van der Waals surface area contributed by atoms with Gasteiger partial charge in [-0.3, -0.25) is 5.84 Å². The van der Waals surface area contributed by atoms with Gasteiger partial charge in [0.05, 0.1) is 6.04 Å². The van der Waals surface area contributed by atoms with E-state index >= 15 is 0 Å². The summed E-state index contributed by atoms with van der Waals surface area (Å²) in [5.41, 5.74) is 4.31. The summed E-state index contributed by atoms with van der Waals surface area (Å²) in [6.45, 7) is 3.25. The largest absolute Gasteiger partial charge is 0.271 e. The highest BCUT2D eigenvalue weighted by atomic mass is 19.1. The molecule has 2 aromatic rings. The smallest absolute Gasteiger partial charge is 0.131 e. The molecule has 0 heterocycles. The number of hydrazine groups is 1. The molecule has 0 saturated heterocycles. The standard InChI is InChI=1S/C15H15F3N2/c1-8-5-10(16)3-4-11(8)15(20-19)12-6-9(2)13(17)7-14(12)18/h3-7,15,20H,19H2,1-2H3. The molecule has 0 bridgehead atoms. The van der Waals surface area contributed by atoms with Crippen LogP contribution in [-0.2, 0) is 0 Å². The van der Waals surface area contributed by atoms with Crippen LogP contribution in [0.15, 0.2) is 30.3 Å². The summed E-state index contributed by atoms with van der Waals surface area (Å²) >= 11 is 0. The van der Waals surface area contributed by atoms with E-state index in [0.29, 0.717) is 16.7 Å². The van der Waals surface area contributed by atoms with Crippen LogP contribution in [0.2, 0.25) is 0 Å². The van der Waals surface area contributed by atoms with E-state index in [1.807, 2.05) is 0 Å². The fraction of sp³-hybridized carbons (Fsp3) is 0.200. The molecular formula is C15H15F3N2. The van der Waals surface area contributed by atoms with Crippen LogP contribution in [-0.4, -0.2) is 0 Å². The van der Waals surface area contributed by atoms with Gasteiger partial charge >= 0.3 is 0 Å². The molecular weight excluding hydrogens is 265 g/mol. The Morgan fingerprint density at radius 3 is 2.20 bits per heavy atom. The Kier molecular flexibility index (Phi) is 4.11. The van der Waals surface area contributed by atoms with Crippen LogP contribution in [0.1, 0.15) is 28.3 Å². The molecule has 0 fully saturated rings. The average Bonchev–Trinajstić information content (AvgIpc) is 2.38. The Labute approximate surface area is 115 Å². The molecule has 1 unspecified atom stereocenters. The van der Waals surface area contributed by atoms with Gasteiger partial charge in [0.15, 0.2) is 0 Å². The number of hydrogen-bond donors (Lipinski definition) is 2. The Morgan fingerprint density at radius 2 is 1.60 bits per heavy atom. The molecule has 0 radical (unpaired) electrons. The minimum atomic E-state index is -0.695. The number of aryl methyl sites for hydroxylation is 2. The predicted molar refractivity (Wildman–Crippen MR) is 71.4 cm³/mol. The predicted octanol–water partition coefficient (Wildman–Crippen LogP) is 3.27. The summed E-state index contributed by atoms with van der Waals surface area (Å²) < 4.78 is 40.4. The molecule has 0 aliphatic carbocycles. The van der Waals surface area contributed by atoms with E-state index in [1.165, 1.54) is 24.3 Å². The molecule has 2 rings (SSSR count). The van der Waals surface area contributed by atoms with Crippen LogP contribution in [0.25, 0.3) is 0 Å². The van der Waals surface area contributed by atoms with Crippen LogP contribution in [0, 0.1) is 31.3 Å². The third kappa shape index (κ3) is 2.69. The van der Waals surface area contributed by atoms with Gasteiger partial charge in [0.1, 0.15) is 17.5 Å². The number of rotatable bonds is 3. The molecule has 0 aliphatic heterocycles. The second kappa shape index (κ2) is 5.64. The summed E-state index contributed by atoms with van der Waals surface area (Å²) in [5, 5.41) is 0. The van der Waals surface area contributed by atoms with Crippen LogP contribution in [0.3, 0.4) is 0 Å². The lowest BCUT2D eigenvalue weighted by atomic mass is 9.94. The van der Waals surface area contributed by atoms with Gasteiger partial charge < -0.3 is 0 Å². The van der Waals surface area contributed by atoms with Crippen molar-refractivity contribution >= 4 is 0 Å². The van der Waals surface area contributed by atoms with Gasteiger partial charge in [-0.15, -0.1) is 0 Å². The Morgan fingerprint density at radius 1 is 0.900 bits per heavy atom. The maximum atomic E-state index is 14.0. The monoisotopic (exact) mass is 280 g/mol. The highest BCUT2D eigenvalue weighted by molar-refractivity contribution is 5.39.